The Bertz CT molecular complexity index is 1150. The molecular formula is C21H16FNO5S. The number of ketones is 1. The molecule has 2 N–H and O–H groups in total. The number of esters is 1. The minimum Gasteiger partial charge on any atom is -0.445 e. The fourth-order valence-electron chi connectivity index (χ4n) is 2.66. The molecule has 0 spiro atoms. The van der Waals surface area contributed by atoms with Crippen molar-refractivity contribution in [3.05, 3.63) is 101 Å². The molecule has 8 heteroatoms. The number of primary sulfonamides is 1. The van der Waals surface area contributed by atoms with Gasteiger partial charge >= 0.3 is 5.97 Å². The Balaban J connectivity index is 1.99. The van der Waals surface area contributed by atoms with Crippen LogP contribution in [0.3, 0.4) is 0 Å². The highest BCUT2D eigenvalue weighted by atomic mass is 32.2. The monoisotopic (exact) mass is 413 g/mol. The van der Waals surface area contributed by atoms with Crippen LogP contribution in [-0.4, -0.2) is 20.2 Å². The maximum atomic E-state index is 14.2. The lowest BCUT2D eigenvalue weighted by Gasteiger charge is -2.18. The summed E-state index contributed by atoms with van der Waals surface area (Å²) in [6, 6.07) is 18.9. The van der Waals surface area contributed by atoms with Crippen molar-refractivity contribution in [3.63, 3.8) is 0 Å². The summed E-state index contributed by atoms with van der Waals surface area (Å²) in [4.78, 5) is 25.1. The van der Waals surface area contributed by atoms with Crippen molar-refractivity contribution in [3.8, 4) is 0 Å². The maximum Gasteiger partial charge on any atom is 0.342 e. The summed E-state index contributed by atoms with van der Waals surface area (Å²) in [6.45, 7) is 0. The molecule has 0 bridgehead atoms. The molecule has 0 unspecified atom stereocenters. The number of halogens is 1. The number of carbonyl (C=O) groups is 2. The van der Waals surface area contributed by atoms with E-state index in [0.29, 0.717) is 11.1 Å². The smallest absolute Gasteiger partial charge is 0.342 e. The number of hydrogen-bond acceptors (Lipinski definition) is 5. The molecule has 0 amide bonds. The lowest BCUT2D eigenvalue weighted by atomic mass is 9.99. The van der Waals surface area contributed by atoms with E-state index in [9.17, 15) is 22.4 Å². The predicted molar refractivity (Wildman–Crippen MR) is 103 cm³/mol. The van der Waals surface area contributed by atoms with Gasteiger partial charge in [-0.2, -0.15) is 0 Å². The van der Waals surface area contributed by atoms with E-state index in [1.165, 1.54) is 0 Å². The molecule has 3 aromatic rings. The van der Waals surface area contributed by atoms with E-state index >= 15 is 0 Å². The van der Waals surface area contributed by atoms with Gasteiger partial charge in [-0.15, -0.1) is 0 Å². The van der Waals surface area contributed by atoms with Crippen LogP contribution in [-0.2, 0) is 14.8 Å². The number of nitrogens with two attached hydrogens (primary N) is 1. The highest BCUT2D eigenvalue weighted by molar-refractivity contribution is 7.89. The van der Waals surface area contributed by atoms with Crippen LogP contribution < -0.4 is 5.14 Å². The van der Waals surface area contributed by atoms with Gasteiger partial charge in [0, 0.05) is 11.1 Å². The molecule has 0 radical (unpaired) electrons. The number of benzene rings is 3. The minimum absolute atomic E-state index is 0.299. The Kier molecular flexibility index (Phi) is 5.86. The van der Waals surface area contributed by atoms with Gasteiger partial charge < -0.3 is 4.74 Å². The molecule has 3 aromatic carbocycles. The van der Waals surface area contributed by atoms with Crippen LogP contribution in [0.4, 0.5) is 4.39 Å². The van der Waals surface area contributed by atoms with Gasteiger partial charge in [0.15, 0.2) is 6.10 Å². The second-order valence-electron chi connectivity index (χ2n) is 6.11. The zero-order valence-electron chi connectivity index (χ0n) is 15.0. The maximum absolute atomic E-state index is 14.2. The minimum atomic E-state index is -4.16. The zero-order chi connectivity index (χ0) is 21.0. The van der Waals surface area contributed by atoms with Gasteiger partial charge in [-0.25, -0.2) is 22.7 Å². The van der Waals surface area contributed by atoms with Crippen molar-refractivity contribution in [2.24, 2.45) is 5.14 Å². The third kappa shape index (κ3) is 4.74. The van der Waals surface area contributed by atoms with E-state index in [-0.39, 0.29) is 0 Å². The number of carbonyl (C=O) groups excluding carboxylic acids is 2. The molecule has 0 aromatic heterocycles. The van der Waals surface area contributed by atoms with Gasteiger partial charge in [0.05, 0.1) is 10.5 Å². The normalized spacial score (nSPS) is 12.2. The number of ether oxygens (including phenoxy) is 1. The zero-order valence-corrected chi connectivity index (χ0v) is 15.8. The van der Waals surface area contributed by atoms with Gasteiger partial charge in [-0.1, -0.05) is 60.7 Å². The Hall–Kier alpha value is -3.36. The second kappa shape index (κ2) is 8.34. The van der Waals surface area contributed by atoms with E-state index in [4.69, 9.17) is 9.88 Å². The Morgan fingerprint density at radius 2 is 1.48 bits per heavy atom. The first-order valence-electron chi connectivity index (χ1n) is 8.45. The van der Waals surface area contributed by atoms with Crippen molar-refractivity contribution < 1.29 is 27.1 Å². The fourth-order valence-corrected chi connectivity index (χ4v) is 3.20. The van der Waals surface area contributed by atoms with Gasteiger partial charge in [-0.3, -0.25) is 4.79 Å². The van der Waals surface area contributed by atoms with E-state index in [1.807, 2.05) is 0 Å². The SMILES string of the molecule is NS(=O)(=O)c1ccc(F)c(C(=O)O[C@@H](C(=O)c2ccccc2)c2ccccc2)c1. The van der Waals surface area contributed by atoms with Crippen molar-refractivity contribution in [1.82, 2.24) is 0 Å². The molecular weight excluding hydrogens is 397 g/mol. The van der Waals surface area contributed by atoms with Crippen molar-refractivity contribution in [1.29, 1.82) is 0 Å². The summed E-state index contributed by atoms with van der Waals surface area (Å²) in [5, 5.41) is 5.04. The predicted octanol–water partition coefficient (Wildman–Crippen LogP) is 3.25. The second-order valence-corrected chi connectivity index (χ2v) is 7.67. The Morgan fingerprint density at radius 3 is 2.07 bits per heavy atom. The molecule has 0 fully saturated rings. The van der Waals surface area contributed by atoms with Gasteiger partial charge in [0.2, 0.25) is 15.8 Å². The molecule has 0 heterocycles. The number of Topliss-reactive ketones (excluding diaryl/α,β-unsaturated/α-hetero) is 1. The molecule has 3 rings (SSSR count). The summed E-state index contributed by atoms with van der Waals surface area (Å²) < 4.78 is 42.5. The molecule has 0 aliphatic carbocycles. The lowest BCUT2D eigenvalue weighted by molar-refractivity contribution is 0.0275. The van der Waals surface area contributed by atoms with Crippen LogP contribution in [0.2, 0.25) is 0 Å². The quantitative estimate of drug-likeness (QED) is 0.493. The fraction of sp³-hybridized carbons (Fsp3) is 0.0476. The first-order chi connectivity index (χ1) is 13.8. The van der Waals surface area contributed by atoms with Crippen molar-refractivity contribution in [2.45, 2.75) is 11.0 Å². The molecule has 29 heavy (non-hydrogen) atoms. The summed E-state index contributed by atoms with van der Waals surface area (Å²) in [5.74, 6) is -2.69. The number of sulfonamides is 1. The van der Waals surface area contributed by atoms with E-state index in [2.05, 4.69) is 0 Å². The molecule has 0 saturated heterocycles. The molecule has 6 nitrogen and oxygen atoms in total. The average Bonchev–Trinajstić information content (AvgIpc) is 2.72. The summed E-state index contributed by atoms with van der Waals surface area (Å²) in [7, 11) is -4.16. The van der Waals surface area contributed by atoms with Crippen LogP contribution in [0.15, 0.2) is 83.8 Å². The van der Waals surface area contributed by atoms with Gasteiger partial charge in [0.25, 0.3) is 0 Å². The highest BCUT2D eigenvalue weighted by Crippen LogP contribution is 2.25. The summed E-state index contributed by atoms with van der Waals surface area (Å²) in [6.07, 6.45) is -1.34. The average molecular weight is 413 g/mol. The molecule has 1 atom stereocenters. The van der Waals surface area contributed by atoms with Crippen LogP contribution >= 0.6 is 0 Å². The van der Waals surface area contributed by atoms with Gasteiger partial charge in [0.1, 0.15) is 5.82 Å². The summed E-state index contributed by atoms with van der Waals surface area (Å²) in [5.41, 5.74) is 0.0453. The third-order valence-corrected chi connectivity index (χ3v) is 5.02. The summed E-state index contributed by atoms with van der Waals surface area (Å²) >= 11 is 0. The molecule has 0 aliphatic rings. The lowest BCUT2D eigenvalue weighted by Crippen LogP contribution is -2.21. The molecule has 0 saturated carbocycles. The molecule has 148 valence electrons. The van der Waals surface area contributed by atoms with E-state index in [0.717, 1.165) is 18.2 Å². The van der Waals surface area contributed by atoms with Crippen LogP contribution in [0.1, 0.15) is 32.4 Å². The van der Waals surface area contributed by atoms with Crippen molar-refractivity contribution >= 4 is 21.8 Å². The Morgan fingerprint density at radius 1 is 0.897 bits per heavy atom. The number of hydrogen-bond donors (Lipinski definition) is 1. The molecule has 0 aliphatic heterocycles. The van der Waals surface area contributed by atoms with Gasteiger partial charge in [-0.05, 0) is 18.2 Å². The van der Waals surface area contributed by atoms with Crippen molar-refractivity contribution in [2.75, 3.05) is 0 Å². The highest BCUT2D eigenvalue weighted by Gasteiger charge is 2.28. The topological polar surface area (TPSA) is 104 Å². The van der Waals surface area contributed by atoms with Crippen LogP contribution in [0.25, 0.3) is 0 Å². The third-order valence-electron chi connectivity index (χ3n) is 4.11. The first-order valence-corrected chi connectivity index (χ1v) is 9.99. The number of rotatable bonds is 6. The Labute approximate surface area is 166 Å². The van der Waals surface area contributed by atoms with E-state index < -0.39 is 44.2 Å². The van der Waals surface area contributed by atoms with Crippen LogP contribution in [0.5, 0.6) is 0 Å². The largest absolute Gasteiger partial charge is 0.445 e. The first kappa shape index (κ1) is 20.4. The van der Waals surface area contributed by atoms with Crippen LogP contribution in [0, 0.1) is 5.82 Å². The van der Waals surface area contributed by atoms with E-state index in [1.54, 1.807) is 60.7 Å². The standard InChI is InChI=1S/C21H16FNO5S/c22-18-12-11-16(29(23,26)27)13-17(18)21(25)28-20(15-9-5-2-6-10-15)19(24)14-7-3-1-4-8-14/h1-13,20H,(H2,23,26,27)/t20-/m1/s1.